The number of aryl methyl sites for hydroxylation is 1. The van der Waals surface area contributed by atoms with E-state index >= 15 is 0 Å². The number of nitrogens with one attached hydrogen (secondary N) is 1. The molecule has 4 heteroatoms. The number of aliphatic hydroxyl groups excluding tert-OH is 1. The van der Waals surface area contributed by atoms with Crippen LogP contribution in [-0.4, -0.2) is 17.1 Å². The Hall–Kier alpha value is -0.870. The van der Waals surface area contributed by atoms with E-state index in [1.165, 1.54) is 10.4 Å². The maximum atomic E-state index is 11.9. The van der Waals surface area contributed by atoms with Crippen LogP contribution in [0.3, 0.4) is 0 Å². The first kappa shape index (κ1) is 12.6. The summed E-state index contributed by atoms with van der Waals surface area (Å²) < 4.78 is 0. The molecule has 0 saturated heterocycles. The van der Waals surface area contributed by atoms with Gasteiger partial charge in [0, 0.05) is 10.8 Å². The molecule has 3 nitrogen and oxygen atoms in total. The fourth-order valence-corrected chi connectivity index (χ4v) is 3.08. The van der Waals surface area contributed by atoms with Crippen LogP contribution in [-0.2, 0) is 11.3 Å². The van der Waals surface area contributed by atoms with Gasteiger partial charge in [-0.15, -0.1) is 11.3 Å². The third-order valence-corrected chi connectivity index (χ3v) is 4.48. The minimum Gasteiger partial charge on any atom is -0.393 e. The number of thiophene rings is 1. The van der Waals surface area contributed by atoms with E-state index in [-0.39, 0.29) is 17.9 Å². The molecule has 1 amide bonds. The summed E-state index contributed by atoms with van der Waals surface area (Å²) in [5, 5.41) is 14.4. The Morgan fingerprint density at radius 2 is 2.18 bits per heavy atom. The zero-order valence-electron chi connectivity index (χ0n) is 10.1. The van der Waals surface area contributed by atoms with Gasteiger partial charge >= 0.3 is 0 Å². The molecular formula is C13H19NO2S. The molecule has 17 heavy (non-hydrogen) atoms. The molecule has 1 aliphatic carbocycles. The molecule has 0 aliphatic heterocycles. The molecule has 0 unspecified atom stereocenters. The third kappa shape index (κ3) is 3.30. The van der Waals surface area contributed by atoms with E-state index in [0.717, 1.165) is 25.7 Å². The monoisotopic (exact) mass is 253 g/mol. The summed E-state index contributed by atoms with van der Waals surface area (Å²) >= 11 is 1.68. The smallest absolute Gasteiger partial charge is 0.223 e. The van der Waals surface area contributed by atoms with Gasteiger partial charge in [-0.1, -0.05) is 0 Å². The van der Waals surface area contributed by atoms with E-state index < -0.39 is 0 Å². The lowest BCUT2D eigenvalue weighted by Crippen LogP contribution is -2.33. The van der Waals surface area contributed by atoms with Crippen LogP contribution in [0.2, 0.25) is 0 Å². The topological polar surface area (TPSA) is 49.3 Å². The highest BCUT2D eigenvalue weighted by molar-refractivity contribution is 7.10. The largest absolute Gasteiger partial charge is 0.393 e. The first-order chi connectivity index (χ1) is 8.16. The number of rotatable bonds is 3. The van der Waals surface area contributed by atoms with Crippen molar-refractivity contribution in [3.63, 3.8) is 0 Å². The zero-order valence-corrected chi connectivity index (χ0v) is 10.9. The van der Waals surface area contributed by atoms with Crippen LogP contribution in [0.4, 0.5) is 0 Å². The summed E-state index contributed by atoms with van der Waals surface area (Å²) in [5.74, 6) is 0.239. The summed E-state index contributed by atoms with van der Waals surface area (Å²) in [5.41, 5.74) is 1.24. The van der Waals surface area contributed by atoms with Crippen LogP contribution in [0.5, 0.6) is 0 Å². The molecule has 0 spiro atoms. The highest BCUT2D eigenvalue weighted by Gasteiger charge is 2.24. The van der Waals surface area contributed by atoms with Crippen molar-refractivity contribution in [1.82, 2.24) is 5.32 Å². The van der Waals surface area contributed by atoms with Crippen molar-refractivity contribution in [2.45, 2.75) is 45.3 Å². The predicted octanol–water partition coefficient (Wildman–Crippen LogP) is 2.22. The Bertz CT molecular complexity index is 381. The number of carbonyl (C=O) groups excluding carboxylic acids is 1. The van der Waals surface area contributed by atoms with Crippen LogP contribution in [0, 0.1) is 12.8 Å². The molecular weight excluding hydrogens is 234 g/mol. The van der Waals surface area contributed by atoms with Gasteiger partial charge in [0.1, 0.15) is 0 Å². The molecule has 0 aromatic carbocycles. The highest BCUT2D eigenvalue weighted by Crippen LogP contribution is 2.24. The molecule has 0 bridgehead atoms. The third-order valence-electron chi connectivity index (χ3n) is 3.46. The van der Waals surface area contributed by atoms with E-state index in [2.05, 4.69) is 18.3 Å². The SMILES string of the molecule is Cc1ccsc1CNC(=O)C1CCC(O)CC1. The van der Waals surface area contributed by atoms with Crippen molar-refractivity contribution in [1.29, 1.82) is 0 Å². The van der Waals surface area contributed by atoms with Gasteiger partial charge in [-0.05, 0) is 49.6 Å². The lowest BCUT2D eigenvalue weighted by Gasteiger charge is -2.24. The summed E-state index contributed by atoms with van der Waals surface area (Å²) in [6.07, 6.45) is 2.96. The van der Waals surface area contributed by atoms with Gasteiger partial charge in [0.15, 0.2) is 0 Å². The zero-order chi connectivity index (χ0) is 12.3. The van der Waals surface area contributed by atoms with Crippen LogP contribution in [0.25, 0.3) is 0 Å². The van der Waals surface area contributed by atoms with Gasteiger partial charge in [0.25, 0.3) is 0 Å². The van der Waals surface area contributed by atoms with E-state index in [0.29, 0.717) is 6.54 Å². The molecule has 0 atom stereocenters. The fourth-order valence-electron chi connectivity index (χ4n) is 2.23. The molecule has 2 rings (SSSR count). The minimum absolute atomic E-state index is 0.0960. The molecule has 0 radical (unpaired) electrons. The standard InChI is InChI=1S/C13H19NO2S/c1-9-6-7-17-12(9)8-14-13(16)10-2-4-11(15)5-3-10/h6-7,10-11,15H,2-5,8H2,1H3,(H,14,16). The number of hydrogen-bond acceptors (Lipinski definition) is 3. The van der Waals surface area contributed by atoms with Crippen LogP contribution in [0.1, 0.15) is 36.1 Å². The van der Waals surface area contributed by atoms with Crippen LogP contribution < -0.4 is 5.32 Å². The van der Waals surface area contributed by atoms with E-state index in [1.807, 2.05) is 5.38 Å². The quantitative estimate of drug-likeness (QED) is 0.868. The second-order valence-electron chi connectivity index (χ2n) is 4.75. The van der Waals surface area contributed by atoms with Crippen molar-refractivity contribution in [3.8, 4) is 0 Å². The number of amides is 1. The summed E-state index contributed by atoms with van der Waals surface area (Å²) in [6, 6.07) is 2.07. The van der Waals surface area contributed by atoms with Gasteiger partial charge < -0.3 is 10.4 Å². The van der Waals surface area contributed by atoms with Crippen molar-refractivity contribution in [3.05, 3.63) is 21.9 Å². The molecule has 2 N–H and O–H groups in total. The van der Waals surface area contributed by atoms with E-state index in [9.17, 15) is 9.90 Å². The number of hydrogen-bond donors (Lipinski definition) is 2. The van der Waals surface area contributed by atoms with Crippen molar-refractivity contribution >= 4 is 17.2 Å². The maximum Gasteiger partial charge on any atom is 0.223 e. The second-order valence-corrected chi connectivity index (χ2v) is 5.75. The highest BCUT2D eigenvalue weighted by atomic mass is 32.1. The van der Waals surface area contributed by atoms with Gasteiger partial charge in [-0.25, -0.2) is 0 Å². The average Bonchev–Trinajstić information content (AvgIpc) is 2.73. The molecule has 94 valence electrons. The van der Waals surface area contributed by atoms with Gasteiger partial charge in [0.05, 0.1) is 12.6 Å². The number of carbonyl (C=O) groups is 1. The van der Waals surface area contributed by atoms with Gasteiger partial charge in [-0.2, -0.15) is 0 Å². The van der Waals surface area contributed by atoms with Crippen molar-refractivity contribution in [2.75, 3.05) is 0 Å². The first-order valence-electron chi connectivity index (χ1n) is 6.15. The Morgan fingerprint density at radius 1 is 1.47 bits per heavy atom. The Morgan fingerprint density at radius 3 is 2.76 bits per heavy atom. The minimum atomic E-state index is -0.196. The Balaban J connectivity index is 1.80. The molecule has 1 aromatic heterocycles. The maximum absolute atomic E-state index is 11.9. The molecule has 1 aliphatic rings. The van der Waals surface area contributed by atoms with Crippen molar-refractivity contribution < 1.29 is 9.90 Å². The summed E-state index contributed by atoms with van der Waals surface area (Å²) in [6.45, 7) is 2.70. The Kier molecular flexibility index (Phi) is 4.18. The molecule has 1 heterocycles. The fraction of sp³-hybridized carbons (Fsp3) is 0.615. The van der Waals surface area contributed by atoms with E-state index in [1.54, 1.807) is 11.3 Å². The average molecular weight is 253 g/mol. The molecule has 1 aromatic rings. The van der Waals surface area contributed by atoms with Crippen LogP contribution in [0.15, 0.2) is 11.4 Å². The molecule has 1 fully saturated rings. The van der Waals surface area contributed by atoms with Crippen LogP contribution >= 0.6 is 11.3 Å². The van der Waals surface area contributed by atoms with E-state index in [4.69, 9.17) is 0 Å². The summed E-state index contributed by atoms with van der Waals surface area (Å²) in [7, 11) is 0. The first-order valence-corrected chi connectivity index (χ1v) is 7.03. The van der Waals surface area contributed by atoms with Gasteiger partial charge in [-0.3, -0.25) is 4.79 Å². The normalized spacial score (nSPS) is 24.6. The lowest BCUT2D eigenvalue weighted by atomic mass is 9.87. The van der Waals surface area contributed by atoms with Gasteiger partial charge in [0.2, 0.25) is 5.91 Å². The lowest BCUT2D eigenvalue weighted by molar-refractivity contribution is -0.126. The predicted molar refractivity (Wildman–Crippen MR) is 68.9 cm³/mol. The summed E-state index contributed by atoms with van der Waals surface area (Å²) in [4.78, 5) is 13.2. The van der Waals surface area contributed by atoms with Crippen molar-refractivity contribution in [2.24, 2.45) is 5.92 Å². The number of aliphatic hydroxyl groups is 1. The molecule has 1 saturated carbocycles. The second kappa shape index (κ2) is 5.65. The Labute approximate surface area is 106 Å².